The Morgan fingerprint density at radius 3 is 1.43 bits per heavy atom. The predicted molar refractivity (Wildman–Crippen MR) is 34.6 cm³/mol. The van der Waals surface area contributed by atoms with Gasteiger partial charge in [-0.1, -0.05) is 13.8 Å². The first kappa shape index (κ1) is 9.69. The third-order valence-electron chi connectivity index (χ3n) is 0.283. The van der Waals surface area contributed by atoms with Crippen molar-refractivity contribution in [3.8, 4) is 0 Å². The fourth-order valence-corrected chi connectivity index (χ4v) is 0. The number of nitrogens with zero attached hydrogens (tertiary/aromatic N) is 2. The first-order chi connectivity index (χ1) is 3.27. The van der Waals surface area contributed by atoms with Gasteiger partial charge in [-0.2, -0.15) is 5.10 Å². The molecule has 44 valence electrons. The Balaban J connectivity index is 0. The molecule has 0 spiro atoms. The van der Waals surface area contributed by atoms with Crippen LogP contribution in [0.2, 0.25) is 0 Å². The SMILES string of the molecule is C=NN(C)C.CC. The van der Waals surface area contributed by atoms with Crippen molar-refractivity contribution in [2.24, 2.45) is 5.10 Å². The molecule has 0 bridgehead atoms. The Bertz CT molecular complexity index is 33.1. The summed E-state index contributed by atoms with van der Waals surface area (Å²) in [6.07, 6.45) is 0. The van der Waals surface area contributed by atoms with Crippen LogP contribution in [0.15, 0.2) is 5.10 Å². The van der Waals surface area contributed by atoms with Crippen LogP contribution in [0, 0.1) is 0 Å². The zero-order valence-corrected chi connectivity index (χ0v) is 5.60. The van der Waals surface area contributed by atoms with Crippen molar-refractivity contribution in [1.82, 2.24) is 5.01 Å². The van der Waals surface area contributed by atoms with Crippen molar-refractivity contribution >= 4 is 6.72 Å². The van der Waals surface area contributed by atoms with Gasteiger partial charge < -0.3 is 5.01 Å². The fraction of sp³-hybridized carbons (Fsp3) is 0.800. The van der Waals surface area contributed by atoms with Crippen LogP contribution < -0.4 is 0 Å². The third-order valence-corrected chi connectivity index (χ3v) is 0.283. The lowest BCUT2D eigenvalue weighted by Crippen LogP contribution is -1.98. The summed E-state index contributed by atoms with van der Waals surface area (Å²) in [5.41, 5.74) is 0. The molecular formula is C5H14N2. The zero-order chi connectivity index (χ0) is 6.28. The van der Waals surface area contributed by atoms with E-state index < -0.39 is 0 Å². The van der Waals surface area contributed by atoms with Crippen LogP contribution in [-0.2, 0) is 0 Å². The van der Waals surface area contributed by atoms with Crippen LogP contribution in [-0.4, -0.2) is 25.8 Å². The first-order valence-corrected chi connectivity index (χ1v) is 2.41. The second-order valence-corrected chi connectivity index (χ2v) is 0.989. The lowest BCUT2D eigenvalue weighted by molar-refractivity contribution is 0.442. The maximum Gasteiger partial charge on any atom is 0.0244 e. The number of rotatable bonds is 1. The van der Waals surface area contributed by atoms with Gasteiger partial charge in [-0.25, -0.2) is 0 Å². The minimum atomic E-state index is 1.64. The van der Waals surface area contributed by atoms with Crippen molar-refractivity contribution in [1.29, 1.82) is 0 Å². The molecule has 0 saturated carbocycles. The van der Waals surface area contributed by atoms with Crippen molar-refractivity contribution in [2.45, 2.75) is 13.8 Å². The average molecular weight is 102 g/mol. The molecule has 0 radical (unpaired) electrons. The van der Waals surface area contributed by atoms with E-state index >= 15 is 0 Å². The van der Waals surface area contributed by atoms with E-state index in [-0.39, 0.29) is 0 Å². The van der Waals surface area contributed by atoms with Gasteiger partial charge in [-0.05, 0) is 0 Å². The van der Waals surface area contributed by atoms with E-state index in [0.717, 1.165) is 0 Å². The number of hydrazone groups is 1. The topological polar surface area (TPSA) is 15.6 Å². The van der Waals surface area contributed by atoms with E-state index in [9.17, 15) is 0 Å². The Hall–Kier alpha value is -0.530. The van der Waals surface area contributed by atoms with Crippen molar-refractivity contribution < 1.29 is 0 Å². The molecule has 0 rings (SSSR count). The lowest BCUT2D eigenvalue weighted by Gasteiger charge is -1.97. The minimum Gasteiger partial charge on any atom is -0.304 e. The normalized spacial score (nSPS) is 5.71. The highest BCUT2D eigenvalue weighted by atomic mass is 15.4. The van der Waals surface area contributed by atoms with Crippen LogP contribution in [0.5, 0.6) is 0 Å². The molecule has 7 heavy (non-hydrogen) atoms. The fourth-order valence-electron chi connectivity index (χ4n) is 0. The van der Waals surface area contributed by atoms with E-state index in [4.69, 9.17) is 0 Å². The lowest BCUT2D eigenvalue weighted by atomic mass is 11.0. The van der Waals surface area contributed by atoms with Gasteiger partial charge in [0.2, 0.25) is 0 Å². The smallest absolute Gasteiger partial charge is 0.0244 e. The molecule has 0 fully saturated rings. The van der Waals surface area contributed by atoms with Gasteiger partial charge in [-0.3, -0.25) is 0 Å². The largest absolute Gasteiger partial charge is 0.304 e. The molecule has 0 N–H and O–H groups in total. The van der Waals surface area contributed by atoms with Crippen LogP contribution in [0.25, 0.3) is 0 Å². The van der Waals surface area contributed by atoms with E-state index in [1.807, 2.05) is 27.9 Å². The van der Waals surface area contributed by atoms with Crippen molar-refractivity contribution in [3.63, 3.8) is 0 Å². The summed E-state index contributed by atoms with van der Waals surface area (Å²) >= 11 is 0. The maximum atomic E-state index is 3.47. The Morgan fingerprint density at radius 2 is 1.43 bits per heavy atom. The molecule has 2 heteroatoms. The van der Waals surface area contributed by atoms with Crippen LogP contribution in [0.1, 0.15) is 13.8 Å². The third kappa shape index (κ3) is 30.5. The van der Waals surface area contributed by atoms with Crippen molar-refractivity contribution in [3.05, 3.63) is 0 Å². The summed E-state index contributed by atoms with van der Waals surface area (Å²) in [7, 11) is 3.65. The second-order valence-electron chi connectivity index (χ2n) is 0.989. The molecule has 0 aromatic carbocycles. The van der Waals surface area contributed by atoms with Gasteiger partial charge in [0.05, 0.1) is 0 Å². The first-order valence-electron chi connectivity index (χ1n) is 2.41. The van der Waals surface area contributed by atoms with Gasteiger partial charge in [0, 0.05) is 20.8 Å². The maximum absolute atomic E-state index is 3.47. The molecule has 0 saturated heterocycles. The average Bonchev–Trinajstić information content (AvgIpc) is 1.73. The summed E-state index contributed by atoms with van der Waals surface area (Å²) in [6.45, 7) is 7.24. The molecule has 0 aromatic heterocycles. The van der Waals surface area contributed by atoms with Gasteiger partial charge in [0.15, 0.2) is 0 Å². The minimum absolute atomic E-state index is 1.64. The summed E-state index contributed by atoms with van der Waals surface area (Å²) in [4.78, 5) is 0. The quantitative estimate of drug-likeness (QED) is 0.358. The summed E-state index contributed by atoms with van der Waals surface area (Å²) in [6, 6.07) is 0. The van der Waals surface area contributed by atoms with E-state index in [2.05, 4.69) is 11.8 Å². The highest BCUT2D eigenvalue weighted by Gasteiger charge is 1.62. The Morgan fingerprint density at radius 1 is 1.29 bits per heavy atom. The molecule has 0 heterocycles. The molecule has 0 aromatic rings. The van der Waals surface area contributed by atoms with Crippen LogP contribution in [0.3, 0.4) is 0 Å². The van der Waals surface area contributed by atoms with Gasteiger partial charge in [0.1, 0.15) is 0 Å². The molecule has 2 nitrogen and oxygen atoms in total. The van der Waals surface area contributed by atoms with Crippen LogP contribution in [0.4, 0.5) is 0 Å². The number of hydrogen-bond acceptors (Lipinski definition) is 2. The monoisotopic (exact) mass is 102 g/mol. The molecule has 0 unspecified atom stereocenters. The van der Waals surface area contributed by atoms with E-state index in [0.29, 0.717) is 0 Å². The van der Waals surface area contributed by atoms with E-state index in [1.165, 1.54) is 0 Å². The summed E-state index contributed by atoms with van der Waals surface area (Å²) in [5, 5.41) is 5.11. The van der Waals surface area contributed by atoms with Gasteiger partial charge in [-0.15, -0.1) is 0 Å². The van der Waals surface area contributed by atoms with Crippen LogP contribution >= 0.6 is 0 Å². The van der Waals surface area contributed by atoms with E-state index in [1.54, 1.807) is 5.01 Å². The molecular weight excluding hydrogens is 88.1 g/mol. The standard InChI is InChI=1S/C3H8N2.C2H6/c1-4-5(2)3;1-2/h1H2,2-3H3;1-2H3. The zero-order valence-electron chi connectivity index (χ0n) is 5.60. The Labute approximate surface area is 45.8 Å². The molecule has 0 aliphatic rings. The van der Waals surface area contributed by atoms with Crippen molar-refractivity contribution in [2.75, 3.05) is 14.1 Å². The second kappa shape index (κ2) is 9.08. The Kier molecular flexibility index (Phi) is 12.6. The highest BCUT2D eigenvalue weighted by Crippen LogP contribution is 1.63. The molecule has 0 aliphatic carbocycles. The highest BCUT2D eigenvalue weighted by molar-refractivity contribution is 5.22. The number of hydrogen-bond donors (Lipinski definition) is 0. The predicted octanol–water partition coefficient (Wildman–Crippen LogP) is 1.19. The molecule has 0 aliphatic heterocycles. The summed E-state index contributed by atoms with van der Waals surface area (Å²) in [5.74, 6) is 0. The summed E-state index contributed by atoms with van der Waals surface area (Å²) < 4.78 is 0. The molecule has 0 amide bonds. The molecule has 0 atom stereocenters. The van der Waals surface area contributed by atoms with Gasteiger partial charge >= 0.3 is 0 Å². The van der Waals surface area contributed by atoms with Gasteiger partial charge in [0.25, 0.3) is 0 Å².